The van der Waals surface area contributed by atoms with Crippen LogP contribution >= 0.6 is 11.8 Å². The van der Waals surface area contributed by atoms with Crippen LogP contribution in [-0.2, 0) is 0 Å². The largest absolute Gasteiger partial charge is 0.489 e. The first-order valence-corrected chi connectivity index (χ1v) is 7.15. The molecule has 4 rings (SSSR count). The number of nitrogens with zero attached hydrogens (tertiary/aromatic N) is 4. The Balaban J connectivity index is 1.81. The molecule has 20 heavy (non-hydrogen) atoms. The van der Waals surface area contributed by atoms with Crippen molar-refractivity contribution in [3.8, 4) is 28.6 Å². The summed E-state index contributed by atoms with van der Waals surface area (Å²) in [5.74, 6) is 2.60. The van der Waals surface area contributed by atoms with Crippen molar-refractivity contribution in [2.75, 3.05) is 25.6 Å². The lowest BCUT2D eigenvalue weighted by Gasteiger charge is -2.19. The zero-order valence-corrected chi connectivity index (χ0v) is 11.2. The second kappa shape index (κ2) is 4.78. The summed E-state index contributed by atoms with van der Waals surface area (Å²) < 4.78 is 16.6. The zero-order chi connectivity index (χ0) is 13.4. The maximum absolute atomic E-state index is 5.69. The van der Waals surface area contributed by atoms with Gasteiger partial charge in [0.25, 0.3) is 5.88 Å². The Hall–Kier alpha value is -2.09. The second-order valence-electron chi connectivity index (χ2n) is 4.19. The SMILES string of the molecule is c1c(-c2cnnc3c2OCCS3)nnc2c1OCCO2. The normalized spacial score (nSPS) is 16.2. The van der Waals surface area contributed by atoms with E-state index in [4.69, 9.17) is 14.2 Å². The van der Waals surface area contributed by atoms with Crippen LogP contribution in [0, 0.1) is 0 Å². The maximum Gasteiger partial charge on any atom is 0.276 e. The first-order valence-electron chi connectivity index (χ1n) is 6.17. The summed E-state index contributed by atoms with van der Waals surface area (Å²) in [6, 6.07) is 1.79. The minimum Gasteiger partial charge on any atom is -0.489 e. The molecule has 2 aliphatic heterocycles. The summed E-state index contributed by atoms with van der Waals surface area (Å²) in [5.41, 5.74) is 1.41. The van der Waals surface area contributed by atoms with Crippen LogP contribution in [0.3, 0.4) is 0 Å². The standard InChI is InChI=1S/C12H10N4O3S/c1-2-19-11-9(17-1)5-8(14-15-11)7-6-13-16-12-10(7)18-3-4-20-12/h5-6H,1-4H2. The number of thioether (sulfide) groups is 1. The van der Waals surface area contributed by atoms with Gasteiger partial charge in [-0.15, -0.1) is 15.3 Å². The van der Waals surface area contributed by atoms with Gasteiger partial charge in [0, 0.05) is 11.8 Å². The molecule has 4 heterocycles. The van der Waals surface area contributed by atoms with Gasteiger partial charge in [0.15, 0.2) is 16.5 Å². The number of aromatic nitrogens is 4. The molecule has 8 heteroatoms. The Labute approximate surface area is 118 Å². The van der Waals surface area contributed by atoms with Gasteiger partial charge >= 0.3 is 0 Å². The molecule has 0 amide bonds. The Morgan fingerprint density at radius 1 is 1.00 bits per heavy atom. The van der Waals surface area contributed by atoms with Crippen molar-refractivity contribution in [2.24, 2.45) is 0 Å². The second-order valence-corrected chi connectivity index (χ2v) is 5.27. The van der Waals surface area contributed by atoms with Crippen LogP contribution in [0.2, 0.25) is 0 Å². The predicted octanol–water partition coefficient (Wildman–Crippen LogP) is 1.19. The molecular formula is C12H10N4O3S. The molecule has 2 aromatic rings. The summed E-state index contributed by atoms with van der Waals surface area (Å²) in [7, 11) is 0. The third kappa shape index (κ3) is 1.92. The van der Waals surface area contributed by atoms with E-state index in [1.54, 1.807) is 24.0 Å². The van der Waals surface area contributed by atoms with E-state index in [0.29, 0.717) is 42.9 Å². The monoisotopic (exact) mass is 290 g/mol. The molecule has 0 saturated heterocycles. The molecule has 102 valence electrons. The van der Waals surface area contributed by atoms with Crippen molar-refractivity contribution < 1.29 is 14.2 Å². The fourth-order valence-electron chi connectivity index (χ4n) is 2.05. The zero-order valence-electron chi connectivity index (χ0n) is 10.4. The smallest absolute Gasteiger partial charge is 0.276 e. The molecule has 2 aromatic heterocycles. The summed E-state index contributed by atoms with van der Waals surface area (Å²) in [6.07, 6.45) is 1.63. The van der Waals surface area contributed by atoms with E-state index in [1.165, 1.54) is 0 Å². The van der Waals surface area contributed by atoms with Gasteiger partial charge in [0.1, 0.15) is 18.9 Å². The Morgan fingerprint density at radius 3 is 2.95 bits per heavy atom. The molecule has 0 N–H and O–H groups in total. The summed E-state index contributed by atoms with van der Waals surface area (Å²) in [4.78, 5) is 0. The molecule has 0 aromatic carbocycles. The summed E-state index contributed by atoms with van der Waals surface area (Å²) >= 11 is 1.62. The molecule has 0 unspecified atom stereocenters. The van der Waals surface area contributed by atoms with Gasteiger partial charge in [-0.2, -0.15) is 5.10 Å². The van der Waals surface area contributed by atoms with Gasteiger partial charge in [-0.3, -0.25) is 0 Å². The first kappa shape index (κ1) is 11.7. The van der Waals surface area contributed by atoms with Crippen LogP contribution in [0.5, 0.6) is 17.4 Å². The highest BCUT2D eigenvalue weighted by Gasteiger charge is 2.22. The van der Waals surface area contributed by atoms with E-state index in [-0.39, 0.29) is 0 Å². The molecule has 0 radical (unpaired) electrons. The topological polar surface area (TPSA) is 79.3 Å². The first-order chi connectivity index (χ1) is 9.92. The average Bonchev–Trinajstić information content (AvgIpc) is 2.54. The quantitative estimate of drug-likeness (QED) is 0.775. The Kier molecular flexibility index (Phi) is 2.80. The number of ether oxygens (including phenoxy) is 3. The molecular weight excluding hydrogens is 280 g/mol. The van der Waals surface area contributed by atoms with Crippen LogP contribution in [0.4, 0.5) is 0 Å². The minimum absolute atomic E-state index is 0.422. The van der Waals surface area contributed by atoms with E-state index in [1.807, 2.05) is 0 Å². The molecule has 0 bridgehead atoms. The highest BCUT2D eigenvalue weighted by Crippen LogP contribution is 2.39. The van der Waals surface area contributed by atoms with Gasteiger partial charge < -0.3 is 14.2 Å². The Bertz CT molecular complexity index is 667. The summed E-state index contributed by atoms with van der Waals surface area (Å²) in [6.45, 7) is 1.65. The number of rotatable bonds is 1. The lowest BCUT2D eigenvalue weighted by Crippen LogP contribution is -2.17. The Morgan fingerprint density at radius 2 is 1.95 bits per heavy atom. The fourth-order valence-corrected chi connectivity index (χ4v) is 2.81. The van der Waals surface area contributed by atoms with E-state index in [9.17, 15) is 0 Å². The van der Waals surface area contributed by atoms with Crippen molar-refractivity contribution in [2.45, 2.75) is 5.03 Å². The van der Waals surface area contributed by atoms with Crippen LogP contribution < -0.4 is 14.2 Å². The van der Waals surface area contributed by atoms with Gasteiger partial charge in [-0.05, 0) is 0 Å². The van der Waals surface area contributed by atoms with Gasteiger partial charge in [-0.25, -0.2) is 0 Å². The van der Waals surface area contributed by atoms with Crippen LogP contribution in [0.25, 0.3) is 11.3 Å². The molecule has 7 nitrogen and oxygen atoms in total. The number of fused-ring (bicyclic) bond motifs is 2. The average molecular weight is 290 g/mol. The van der Waals surface area contributed by atoms with Crippen LogP contribution in [-0.4, -0.2) is 46.0 Å². The molecule has 0 saturated carbocycles. The van der Waals surface area contributed by atoms with Crippen molar-refractivity contribution in [3.63, 3.8) is 0 Å². The van der Waals surface area contributed by atoms with Gasteiger partial charge in [0.2, 0.25) is 0 Å². The fraction of sp³-hybridized carbons (Fsp3) is 0.333. The minimum atomic E-state index is 0.422. The third-order valence-corrected chi connectivity index (χ3v) is 3.84. The predicted molar refractivity (Wildman–Crippen MR) is 70.3 cm³/mol. The van der Waals surface area contributed by atoms with E-state index >= 15 is 0 Å². The van der Waals surface area contributed by atoms with Gasteiger partial charge in [-0.1, -0.05) is 11.8 Å². The van der Waals surface area contributed by atoms with Crippen LogP contribution in [0.1, 0.15) is 0 Å². The van der Waals surface area contributed by atoms with E-state index in [2.05, 4.69) is 20.4 Å². The molecule has 0 aliphatic carbocycles. The lowest BCUT2D eigenvalue weighted by molar-refractivity contribution is 0.162. The highest BCUT2D eigenvalue weighted by atomic mass is 32.2. The molecule has 0 spiro atoms. The number of hydrogen-bond acceptors (Lipinski definition) is 8. The maximum atomic E-state index is 5.69. The molecule has 0 fully saturated rings. The lowest BCUT2D eigenvalue weighted by atomic mass is 10.2. The highest BCUT2D eigenvalue weighted by molar-refractivity contribution is 7.99. The van der Waals surface area contributed by atoms with Gasteiger partial charge in [0.05, 0.1) is 18.4 Å². The number of hydrogen-bond donors (Lipinski definition) is 0. The van der Waals surface area contributed by atoms with E-state index < -0.39 is 0 Å². The van der Waals surface area contributed by atoms with Crippen molar-refractivity contribution in [3.05, 3.63) is 12.3 Å². The summed E-state index contributed by atoms with van der Waals surface area (Å²) in [5, 5.41) is 17.1. The van der Waals surface area contributed by atoms with Crippen LogP contribution in [0.15, 0.2) is 17.3 Å². The molecule has 0 atom stereocenters. The third-order valence-electron chi connectivity index (χ3n) is 2.93. The van der Waals surface area contributed by atoms with Crippen molar-refractivity contribution >= 4 is 11.8 Å². The molecule has 2 aliphatic rings. The van der Waals surface area contributed by atoms with Crippen molar-refractivity contribution in [1.82, 2.24) is 20.4 Å². The van der Waals surface area contributed by atoms with E-state index in [0.717, 1.165) is 16.3 Å². The van der Waals surface area contributed by atoms with Crippen molar-refractivity contribution in [1.29, 1.82) is 0 Å².